The van der Waals surface area contributed by atoms with Gasteiger partial charge in [0, 0.05) is 77.1 Å². The van der Waals surface area contributed by atoms with Crippen molar-refractivity contribution in [1.29, 1.82) is 0 Å². The topological polar surface area (TPSA) is 193 Å². The summed E-state index contributed by atoms with van der Waals surface area (Å²) in [5, 5.41) is 47.9. The van der Waals surface area contributed by atoms with Crippen LogP contribution in [0.1, 0.15) is 304 Å². The number of carbonyl (C=O) groups excluding carboxylic acids is 4. The summed E-state index contributed by atoms with van der Waals surface area (Å²) in [6, 6.07) is -0.648. The molecule has 0 radical (unpaired) electrons. The molecule has 0 fully saturated rings. The van der Waals surface area contributed by atoms with Crippen LogP contribution in [0.3, 0.4) is 0 Å². The Kier molecular flexibility index (Phi) is 65.7. The molecule has 0 aliphatic rings. The lowest BCUT2D eigenvalue weighted by Crippen LogP contribution is -2.49. The second-order valence-electron chi connectivity index (χ2n) is 26.8. The number of hydrogen-bond donors (Lipinski definition) is 5. The van der Waals surface area contributed by atoms with E-state index in [1.54, 1.807) is 33.5 Å². The third kappa shape index (κ3) is 61.4. The van der Waals surface area contributed by atoms with Crippen LogP contribution in [0.25, 0.3) is 0 Å². The van der Waals surface area contributed by atoms with Crippen LogP contribution >= 0.6 is 21.6 Å². The standard InChI is InChI=1S/C75H145N5O10S2/c1-8-12-16-20-24-26-30-36-47-67(81)65-80(66-68(82)48-37-31-27-25-21-17-13-9-2)56-46-51-72(85)76-71(75(88)78(7)58-57-77(5)6)54-62-92-91-61-45-42-55-79(63-69(83)49-38-34-40-52-73(86)89-59-43-32-28-22-18-14-10-3)64-70(84)50-39-35-41-53-74(87)90-60-44-33-29-23-19-15-11-4/h32-33,43-44,67-71,81-84H,8-31,34-42,45-66H2,1-7H3,(H,76,85)/b43-32-,44-33-. The molecule has 0 saturated carbocycles. The fourth-order valence-corrected chi connectivity index (χ4v) is 13.7. The first kappa shape index (κ1) is 89.8. The molecule has 5 N–H and O–H groups in total. The van der Waals surface area contributed by atoms with Crippen molar-refractivity contribution in [2.75, 3.05) is 98.2 Å². The van der Waals surface area contributed by atoms with Gasteiger partial charge in [0.15, 0.2) is 0 Å². The average molecular weight is 1340 g/mol. The molecule has 0 aliphatic heterocycles. The van der Waals surface area contributed by atoms with E-state index < -0.39 is 30.5 Å². The molecule has 17 heteroatoms. The lowest BCUT2D eigenvalue weighted by atomic mass is 10.0. The number of hydrogen-bond acceptors (Lipinski definition) is 15. The second-order valence-corrected chi connectivity index (χ2v) is 29.5. The van der Waals surface area contributed by atoms with Crippen molar-refractivity contribution >= 4 is 45.3 Å². The molecule has 0 saturated heterocycles. The third-order valence-corrected chi connectivity index (χ3v) is 19.8. The van der Waals surface area contributed by atoms with Crippen LogP contribution in [-0.2, 0) is 28.7 Å². The van der Waals surface area contributed by atoms with Gasteiger partial charge >= 0.3 is 11.9 Å². The Balaban J connectivity index is 5.46. The van der Waals surface area contributed by atoms with Crippen molar-refractivity contribution in [3.63, 3.8) is 0 Å². The predicted molar refractivity (Wildman–Crippen MR) is 391 cm³/mol. The number of esters is 2. The van der Waals surface area contributed by atoms with E-state index in [-0.39, 0.29) is 30.2 Å². The summed E-state index contributed by atoms with van der Waals surface area (Å²) in [5.41, 5.74) is 0. The van der Waals surface area contributed by atoms with Gasteiger partial charge in [-0.3, -0.25) is 29.0 Å². The Morgan fingerprint density at radius 3 is 1.17 bits per heavy atom. The molecule has 0 heterocycles. The SMILES string of the molecule is CCCCCC/C=C\COC(=O)CCCCCC(O)CN(CCCCSSCCC(NC(=O)CCCN(CC(O)CCCCCCCCCC)CC(O)CCCCCCCCCC)C(=O)N(C)CCN(C)C)CC(O)CCCCCC(=O)OC/C=C\CCCCCC. The number of carbonyl (C=O) groups is 4. The molecule has 542 valence electrons. The molecule has 0 aliphatic carbocycles. The van der Waals surface area contributed by atoms with Crippen LogP contribution in [0.4, 0.5) is 0 Å². The van der Waals surface area contributed by atoms with Gasteiger partial charge in [-0.1, -0.05) is 241 Å². The highest BCUT2D eigenvalue weighted by Gasteiger charge is 2.25. The van der Waals surface area contributed by atoms with Crippen LogP contribution in [-0.4, -0.2) is 192 Å². The first-order valence-corrected chi connectivity index (χ1v) is 40.4. The fraction of sp³-hybridized carbons (Fsp3) is 0.893. The Hall–Kier alpha value is -2.22. The highest BCUT2D eigenvalue weighted by Crippen LogP contribution is 2.25. The Labute approximate surface area is 573 Å². The minimum absolute atomic E-state index is 0.0936. The summed E-state index contributed by atoms with van der Waals surface area (Å²) in [6.45, 7) is 14.0. The number of aliphatic hydroxyl groups is 4. The number of amides is 2. The average Bonchev–Trinajstić information content (AvgIpc) is 2.13. The van der Waals surface area contributed by atoms with Gasteiger partial charge in [-0.25, -0.2) is 0 Å². The largest absolute Gasteiger partial charge is 0.461 e. The van der Waals surface area contributed by atoms with E-state index in [0.717, 1.165) is 128 Å². The van der Waals surface area contributed by atoms with Gasteiger partial charge in [0.05, 0.1) is 24.4 Å². The number of ether oxygens (including phenoxy) is 2. The second kappa shape index (κ2) is 67.4. The van der Waals surface area contributed by atoms with E-state index >= 15 is 0 Å². The molecule has 92 heavy (non-hydrogen) atoms. The summed E-state index contributed by atoms with van der Waals surface area (Å²) in [5.74, 6) is 0.957. The summed E-state index contributed by atoms with van der Waals surface area (Å²) < 4.78 is 10.8. The van der Waals surface area contributed by atoms with Crippen molar-refractivity contribution in [3.8, 4) is 0 Å². The van der Waals surface area contributed by atoms with Crippen LogP contribution in [0.15, 0.2) is 24.3 Å². The van der Waals surface area contributed by atoms with Crippen LogP contribution in [0.5, 0.6) is 0 Å². The molecule has 5 atom stereocenters. The van der Waals surface area contributed by atoms with Gasteiger partial charge in [0.25, 0.3) is 0 Å². The van der Waals surface area contributed by atoms with Gasteiger partial charge in [0.1, 0.15) is 19.3 Å². The maximum absolute atomic E-state index is 13.9. The van der Waals surface area contributed by atoms with Gasteiger partial charge in [-0.2, -0.15) is 0 Å². The highest BCUT2D eigenvalue weighted by molar-refractivity contribution is 8.76. The first-order chi connectivity index (χ1) is 44.6. The molecule has 0 aromatic rings. The van der Waals surface area contributed by atoms with E-state index in [9.17, 15) is 39.6 Å². The normalized spacial score (nSPS) is 13.6. The minimum Gasteiger partial charge on any atom is -0.461 e. The van der Waals surface area contributed by atoms with E-state index in [4.69, 9.17) is 9.47 Å². The molecule has 0 aromatic carbocycles. The first-order valence-electron chi connectivity index (χ1n) is 37.9. The maximum atomic E-state index is 13.9. The molecule has 0 rings (SSSR count). The highest BCUT2D eigenvalue weighted by atomic mass is 33.1. The fourth-order valence-electron chi connectivity index (χ4n) is 11.4. The van der Waals surface area contributed by atoms with Gasteiger partial charge in [-0.05, 0) is 117 Å². The number of rotatable bonds is 70. The zero-order valence-electron chi connectivity index (χ0n) is 60.4. The van der Waals surface area contributed by atoms with Gasteiger partial charge in [-0.15, -0.1) is 0 Å². The Morgan fingerprint density at radius 2 is 0.761 bits per heavy atom. The molecule has 0 aromatic heterocycles. The smallest absolute Gasteiger partial charge is 0.306 e. The summed E-state index contributed by atoms with van der Waals surface area (Å²) in [7, 11) is 9.25. The molecule has 5 unspecified atom stereocenters. The van der Waals surface area contributed by atoms with Gasteiger partial charge < -0.3 is 45.0 Å². The van der Waals surface area contributed by atoms with E-state index in [0.29, 0.717) is 103 Å². The van der Waals surface area contributed by atoms with Crippen LogP contribution in [0.2, 0.25) is 0 Å². The Morgan fingerprint density at radius 1 is 0.391 bits per heavy atom. The van der Waals surface area contributed by atoms with Crippen molar-refractivity contribution in [2.45, 2.75) is 334 Å². The molecular formula is C75H145N5O10S2. The molecule has 15 nitrogen and oxygen atoms in total. The molecule has 0 bridgehead atoms. The van der Waals surface area contributed by atoms with E-state index in [1.165, 1.54) is 116 Å². The number of unbranched alkanes of at least 4 members (excludes halogenated alkanes) is 27. The molecular weight excluding hydrogens is 1190 g/mol. The zero-order chi connectivity index (χ0) is 67.8. The molecule has 2 amide bonds. The number of likely N-dealkylation sites (N-methyl/N-ethyl adjacent to an activating group) is 2. The summed E-state index contributed by atoms with van der Waals surface area (Å²) in [4.78, 5) is 60.3. The number of nitrogens with one attached hydrogen (secondary N) is 1. The minimum atomic E-state index is -0.648. The van der Waals surface area contributed by atoms with Gasteiger partial charge in [0.2, 0.25) is 11.8 Å². The quantitative estimate of drug-likeness (QED) is 0.0167. The lowest BCUT2D eigenvalue weighted by molar-refractivity contribution is -0.143. The van der Waals surface area contributed by atoms with Crippen molar-refractivity contribution in [2.24, 2.45) is 0 Å². The van der Waals surface area contributed by atoms with Crippen molar-refractivity contribution in [3.05, 3.63) is 24.3 Å². The number of aliphatic hydroxyl groups excluding tert-OH is 4. The summed E-state index contributed by atoms with van der Waals surface area (Å²) in [6.07, 6.45) is 48.4. The van der Waals surface area contributed by atoms with Crippen LogP contribution in [0, 0.1) is 0 Å². The maximum Gasteiger partial charge on any atom is 0.306 e. The predicted octanol–water partition coefficient (Wildman–Crippen LogP) is 16.0. The molecule has 0 spiro atoms. The third-order valence-electron chi connectivity index (χ3n) is 17.3. The number of allylic oxidation sites excluding steroid dienone is 2. The lowest BCUT2D eigenvalue weighted by Gasteiger charge is -2.28. The van der Waals surface area contributed by atoms with Crippen molar-refractivity contribution in [1.82, 2.24) is 24.9 Å². The van der Waals surface area contributed by atoms with E-state index in [2.05, 4.69) is 55.0 Å². The monoisotopic (exact) mass is 1340 g/mol. The zero-order valence-corrected chi connectivity index (χ0v) is 62.1. The number of nitrogens with zero attached hydrogens (tertiary/aromatic N) is 4. The van der Waals surface area contributed by atoms with E-state index in [1.807, 2.05) is 31.1 Å². The summed E-state index contributed by atoms with van der Waals surface area (Å²) >= 11 is 0. The van der Waals surface area contributed by atoms with Crippen molar-refractivity contribution < 1.29 is 49.1 Å². The Bertz CT molecular complexity index is 1650. The van der Waals surface area contributed by atoms with Crippen LogP contribution < -0.4 is 5.32 Å².